The lowest BCUT2D eigenvalue weighted by molar-refractivity contribution is 0.0610. The Kier molecular flexibility index (Phi) is 5.62. The molecule has 8 heteroatoms. The van der Waals surface area contributed by atoms with Crippen molar-refractivity contribution in [2.45, 2.75) is 0 Å². The van der Waals surface area contributed by atoms with E-state index in [1.165, 1.54) is 0 Å². The monoisotopic (exact) mass is 382 g/mol. The SMILES string of the molecule is O=C1c2ccccc2C(=O)N1CCO.O=C1c2ccccc2C(=O)N1CCO. The van der Waals surface area contributed by atoms with Gasteiger partial charge >= 0.3 is 0 Å². The van der Waals surface area contributed by atoms with E-state index >= 15 is 0 Å². The third-order valence-corrected chi connectivity index (χ3v) is 4.40. The molecule has 0 fully saturated rings. The molecule has 0 radical (unpaired) electrons. The highest BCUT2D eigenvalue weighted by Gasteiger charge is 2.35. The first-order valence-electron chi connectivity index (χ1n) is 8.63. The van der Waals surface area contributed by atoms with Gasteiger partial charge in [0.25, 0.3) is 23.6 Å². The van der Waals surface area contributed by atoms with Crippen LogP contribution in [0.2, 0.25) is 0 Å². The van der Waals surface area contributed by atoms with Crippen LogP contribution in [0, 0.1) is 0 Å². The molecule has 2 N–H and O–H groups in total. The second-order valence-corrected chi connectivity index (χ2v) is 6.06. The minimum Gasteiger partial charge on any atom is -0.395 e. The first kappa shape index (κ1) is 19.4. The Hall–Kier alpha value is -3.36. The second kappa shape index (κ2) is 8.12. The predicted molar refractivity (Wildman–Crippen MR) is 97.8 cm³/mol. The maximum Gasteiger partial charge on any atom is 0.261 e. The van der Waals surface area contributed by atoms with Crippen LogP contribution < -0.4 is 0 Å². The number of fused-ring (bicyclic) bond motifs is 2. The van der Waals surface area contributed by atoms with Crippen molar-refractivity contribution in [3.05, 3.63) is 70.8 Å². The number of hydrogen-bond acceptors (Lipinski definition) is 6. The molecule has 0 aromatic heterocycles. The Morgan fingerprint density at radius 3 is 1.00 bits per heavy atom. The molecule has 0 aliphatic carbocycles. The molecule has 2 heterocycles. The zero-order valence-electron chi connectivity index (χ0n) is 14.9. The van der Waals surface area contributed by atoms with E-state index in [-0.39, 0.29) is 49.9 Å². The van der Waals surface area contributed by atoms with E-state index < -0.39 is 0 Å². The molecule has 8 nitrogen and oxygen atoms in total. The van der Waals surface area contributed by atoms with E-state index in [0.29, 0.717) is 22.3 Å². The molecular weight excluding hydrogens is 364 g/mol. The Morgan fingerprint density at radius 1 is 0.536 bits per heavy atom. The highest BCUT2D eigenvalue weighted by molar-refractivity contribution is 6.22. The smallest absolute Gasteiger partial charge is 0.261 e. The average molecular weight is 382 g/mol. The van der Waals surface area contributed by atoms with Crippen molar-refractivity contribution in [1.29, 1.82) is 0 Å². The first-order chi connectivity index (χ1) is 13.5. The fourth-order valence-corrected chi connectivity index (χ4v) is 3.08. The number of amides is 4. The molecular formula is C20H18N2O6. The Balaban J connectivity index is 0.000000161. The Bertz CT molecular complexity index is 808. The van der Waals surface area contributed by atoms with Crippen molar-refractivity contribution >= 4 is 23.6 Å². The third kappa shape index (κ3) is 3.30. The lowest BCUT2D eigenvalue weighted by Crippen LogP contribution is -2.32. The van der Waals surface area contributed by atoms with Crippen LogP contribution in [0.15, 0.2) is 48.5 Å². The van der Waals surface area contributed by atoms with Crippen molar-refractivity contribution in [2.24, 2.45) is 0 Å². The molecule has 0 saturated carbocycles. The predicted octanol–water partition coefficient (Wildman–Crippen LogP) is 0.550. The van der Waals surface area contributed by atoms with Crippen LogP contribution in [0.5, 0.6) is 0 Å². The summed E-state index contributed by atoms with van der Waals surface area (Å²) in [4.78, 5) is 48.5. The van der Waals surface area contributed by atoms with E-state index in [9.17, 15) is 19.2 Å². The summed E-state index contributed by atoms with van der Waals surface area (Å²) in [6.07, 6.45) is 0. The lowest BCUT2D eigenvalue weighted by Gasteiger charge is -2.10. The van der Waals surface area contributed by atoms with E-state index in [1.807, 2.05) is 0 Å². The number of aliphatic hydroxyl groups excluding tert-OH is 2. The zero-order chi connectivity index (χ0) is 20.3. The quantitative estimate of drug-likeness (QED) is 0.747. The molecule has 2 aliphatic heterocycles. The normalized spacial score (nSPS) is 14.8. The number of imide groups is 2. The third-order valence-electron chi connectivity index (χ3n) is 4.40. The van der Waals surface area contributed by atoms with Gasteiger partial charge in [0.2, 0.25) is 0 Å². The van der Waals surface area contributed by atoms with Gasteiger partial charge in [-0.2, -0.15) is 0 Å². The molecule has 2 aromatic rings. The molecule has 0 saturated heterocycles. The summed E-state index contributed by atoms with van der Waals surface area (Å²) in [7, 11) is 0. The fourth-order valence-electron chi connectivity index (χ4n) is 3.08. The maximum atomic E-state index is 11.6. The molecule has 4 amide bonds. The molecule has 2 aromatic carbocycles. The molecule has 0 unspecified atom stereocenters. The van der Waals surface area contributed by atoms with Gasteiger partial charge in [-0.05, 0) is 24.3 Å². The molecule has 0 spiro atoms. The molecule has 28 heavy (non-hydrogen) atoms. The standard InChI is InChI=1S/2C10H9NO3/c2*12-6-5-11-9(13)7-3-1-2-4-8(7)10(11)14/h2*1-4,12H,5-6H2. The largest absolute Gasteiger partial charge is 0.395 e. The molecule has 4 rings (SSSR count). The van der Waals surface area contributed by atoms with Gasteiger partial charge in [-0.15, -0.1) is 0 Å². The minimum atomic E-state index is -0.320. The first-order valence-corrected chi connectivity index (χ1v) is 8.63. The number of β-amino-alcohol motifs (C(OH)–C–C–N with tert-alkyl or cyclic N) is 2. The van der Waals surface area contributed by atoms with Crippen LogP contribution in [-0.4, -0.2) is 69.9 Å². The molecule has 0 atom stereocenters. The van der Waals surface area contributed by atoms with Crippen LogP contribution in [0.4, 0.5) is 0 Å². The van der Waals surface area contributed by atoms with Crippen LogP contribution in [0.3, 0.4) is 0 Å². The Labute approximate surface area is 160 Å². The summed E-state index contributed by atoms with van der Waals surface area (Å²) < 4.78 is 0. The zero-order valence-corrected chi connectivity index (χ0v) is 14.9. The van der Waals surface area contributed by atoms with Crippen molar-refractivity contribution in [1.82, 2.24) is 9.80 Å². The van der Waals surface area contributed by atoms with Gasteiger partial charge in [0.05, 0.1) is 48.6 Å². The topological polar surface area (TPSA) is 115 Å². The van der Waals surface area contributed by atoms with Gasteiger partial charge in [-0.1, -0.05) is 24.3 Å². The molecule has 144 valence electrons. The van der Waals surface area contributed by atoms with Crippen molar-refractivity contribution in [3.63, 3.8) is 0 Å². The molecule has 2 aliphatic rings. The number of carbonyl (C=O) groups excluding carboxylic acids is 4. The number of rotatable bonds is 4. The van der Waals surface area contributed by atoms with Crippen LogP contribution in [0.25, 0.3) is 0 Å². The van der Waals surface area contributed by atoms with E-state index in [4.69, 9.17) is 10.2 Å². The fraction of sp³-hybridized carbons (Fsp3) is 0.200. The minimum absolute atomic E-state index is 0.0619. The van der Waals surface area contributed by atoms with E-state index in [2.05, 4.69) is 0 Å². The maximum absolute atomic E-state index is 11.6. The van der Waals surface area contributed by atoms with Crippen molar-refractivity contribution < 1.29 is 29.4 Å². The number of benzene rings is 2. The van der Waals surface area contributed by atoms with E-state index in [0.717, 1.165) is 9.80 Å². The van der Waals surface area contributed by atoms with Gasteiger partial charge in [-0.25, -0.2) is 0 Å². The highest BCUT2D eigenvalue weighted by atomic mass is 16.3. The summed E-state index contributed by atoms with van der Waals surface area (Å²) in [6, 6.07) is 13.3. The molecule has 0 bridgehead atoms. The van der Waals surface area contributed by atoms with E-state index in [1.54, 1.807) is 48.5 Å². The van der Waals surface area contributed by atoms with Crippen molar-refractivity contribution in [3.8, 4) is 0 Å². The van der Waals surface area contributed by atoms with Gasteiger partial charge < -0.3 is 10.2 Å². The number of carbonyl (C=O) groups is 4. The highest BCUT2D eigenvalue weighted by Crippen LogP contribution is 2.22. The summed E-state index contributed by atoms with van der Waals surface area (Å²) in [5.74, 6) is -1.28. The summed E-state index contributed by atoms with van der Waals surface area (Å²) in [5, 5.41) is 17.4. The van der Waals surface area contributed by atoms with Gasteiger partial charge in [0, 0.05) is 0 Å². The summed E-state index contributed by atoms with van der Waals surface area (Å²) in [6.45, 7) is -0.282. The number of hydrogen-bond donors (Lipinski definition) is 2. The van der Waals surface area contributed by atoms with Crippen LogP contribution >= 0.6 is 0 Å². The summed E-state index contributed by atoms with van der Waals surface area (Å²) >= 11 is 0. The second-order valence-electron chi connectivity index (χ2n) is 6.06. The lowest BCUT2D eigenvalue weighted by atomic mass is 10.1. The Morgan fingerprint density at radius 2 is 0.786 bits per heavy atom. The van der Waals surface area contributed by atoms with Gasteiger partial charge in [-0.3, -0.25) is 29.0 Å². The van der Waals surface area contributed by atoms with Crippen LogP contribution in [-0.2, 0) is 0 Å². The number of nitrogens with zero attached hydrogens (tertiary/aromatic N) is 2. The average Bonchev–Trinajstić information content (AvgIpc) is 3.11. The van der Waals surface area contributed by atoms with Crippen molar-refractivity contribution in [2.75, 3.05) is 26.3 Å². The van der Waals surface area contributed by atoms with Gasteiger partial charge in [0.1, 0.15) is 0 Å². The summed E-state index contributed by atoms with van der Waals surface area (Å²) in [5.41, 5.74) is 1.69. The number of aliphatic hydroxyl groups is 2. The van der Waals surface area contributed by atoms with Crippen LogP contribution in [0.1, 0.15) is 41.4 Å². The van der Waals surface area contributed by atoms with Gasteiger partial charge in [0.15, 0.2) is 0 Å².